The zero-order valence-electron chi connectivity index (χ0n) is 8.43. The van der Waals surface area contributed by atoms with Gasteiger partial charge >= 0.3 is 0 Å². The zero-order valence-corrected chi connectivity index (χ0v) is 9.25. The predicted octanol–water partition coefficient (Wildman–Crippen LogP) is 1.44. The van der Waals surface area contributed by atoms with Crippen LogP contribution in [-0.2, 0) is 14.6 Å². The van der Waals surface area contributed by atoms with Gasteiger partial charge in [0.2, 0.25) is 6.41 Å². The third kappa shape index (κ3) is 3.06. The first-order valence-electron chi connectivity index (χ1n) is 4.63. The van der Waals surface area contributed by atoms with Crippen molar-refractivity contribution in [3.8, 4) is 0 Å². The molecule has 0 fully saturated rings. The van der Waals surface area contributed by atoms with Gasteiger partial charge in [-0.25, -0.2) is 8.42 Å². The molecule has 82 valence electrons. The van der Waals surface area contributed by atoms with E-state index in [1.165, 1.54) is 12.1 Å². The van der Waals surface area contributed by atoms with Gasteiger partial charge in [0.25, 0.3) is 0 Å². The average molecular weight is 227 g/mol. The molecule has 0 aromatic heterocycles. The van der Waals surface area contributed by atoms with E-state index in [-0.39, 0.29) is 5.75 Å². The first kappa shape index (κ1) is 11.7. The first-order valence-corrected chi connectivity index (χ1v) is 6.28. The minimum atomic E-state index is -3.16. The Kier molecular flexibility index (Phi) is 3.85. The average Bonchev–Trinajstić information content (AvgIpc) is 2.19. The minimum Gasteiger partial charge on any atom is -0.329 e. The Balaban J connectivity index is 2.93. The number of sulfone groups is 1. The van der Waals surface area contributed by atoms with Crippen LogP contribution < -0.4 is 5.32 Å². The topological polar surface area (TPSA) is 63.2 Å². The molecular formula is C10H13NO3S. The van der Waals surface area contributed by atoms with E-state index >= 15 is 0 Å². The standard InChI is InChI=1S/C10H13NO3S/c1-2-7-15(13,14)10-5-3-9(4-6-10)11-8-12/h3-6,8H,2,7H2,1H3,(H,11,12). The van der Waals surface area contributed by atoms with Crippen molar-refractivity contribution in [2.45, 2.75) is 18.2 Å². The van der Waals surface area contributed by atoms with Gasteiger partial charge in [-0.2, -0.15) is 0 Å². The highest BCUT2D eigenvalue weighted by Gasteiger charge is 2.12. The molecule has 0 heterocycles. The summed E-state index contributed by atoms with van der Waals surface area (Å²) in [6, 6.07) is 6.13. The van der Waals surface area contributed by atoms with E-state index in [0.717, 1.165) is 0 Å². The summed E-state index contributed by atoms with van der Waals surface area (Å²) in [5.41, 5.74) is 0.584. The summed E-state index contributed by atoms with van der Waals surface area (Å²) in [4.78, 5) is 10.4. The van der Waals surface area contributed by atoms with Gasteiger partial charge in [-0.05, 0) is 30.7 Å². The van der Waals surface area contributed by atoms with Crippen molar-refractivity contribution < 1.29 is 13.2 Å². The SMILES string of the molecule is CCCS(=O)(=O)c1ccc(NC=O)cc1. The van der Waals surface area contributed by atoms with Crippen LogP contribution in [0.1, 0.15) is 13.3 Å². The van der Waals surface area contributed by atoms with E-state index in [1.54, 1.807) is 12.1 Å². The molecule has 1 rings (SSSR count). The van der Waals surface area contributed by atoms with Crippen LogP contribution in [0, 0.1) is 0 Å². The number of anilines is 1. The lowest BCUT2D eigenvalue weighted by Crippen LogP contribution is -2.05. The molecule has 0 atom stereocenters. The first-order chi connectivity index (χ1) is 7.10. The van der Waals surface area contributed by atoms with Gasteiger partial charge in [0.15, 0.2) is 9.84 Å². The van der Waals surface area contributed by atoms with Crippen LogP contribution in [0.5, 0.6) is 0 Å². The maximum atomic E-state index is 11.6. The maximum absolute atomic E-state index is 11.6. The summed E-state index contributed by atoms with van der Waals surface area (Å²) in [5, 5.41) is 2.44. The van der Waals surface area contributed by atoms with Crippen LogP contribution >= 0.6 is 0 Å². The minimum absolute atomic E-state index is 0.146. The lowest BCUT2D eigenvalue weighted by atomic mass is 10.3. The molecule has 0 aliphatic carbocycles. The summed E-state index contributed by atoms with van der Waals surface area (Å²) >= 11 is 0. The Morgan fingerprint density at radius 3 is 2.33 bits per heavy atom. The molecular weight excluding hydrogens is 214 g/mol. The van der Waals surface area contributed by atoms with Crippen molar-refractivity contribution in [3.05, 3.63) is 24.3 Å². The van der Waals surface area contributed by atoms with Gasteiger partial charge < -0.3 is 5.32 Å². The van der Waals surface area contributed by atoms with Crippen molar-refractivity contribution in [1.29, 1.82) is 0 Å². The summed E-state index contributed by atoms with van der Waals surface area (Å²) < 4.78 is 23.2. The molecule has 0 saturated carbocycles. The number of hydrogen-bond donors (Lipinski definition) is 1. The van der Waals surface area contributed by atoms with E-state index in [1.807, 2.05) is 6.92 Å². The van der Waals surface area contributed by atoms with Crippen LogP contribution in [0.25, 0.3) is 0 Å². The normalized spacial score (nSPS) is 11.0. The second kappa shape index (κ2) is 4.93. The lowest BCUT2D eigenvalue weighted by molar-refractivity contribution is -0.105. The second-order valence-corrected chi connectivity index (χ2v) is 5.21. The van der Waals surface area contributed by atoms with Crippen molar-refractivity contribution in [2.24, 2.45) is 0 Å². The van der Waals surface area contributed by atoms with E-state index in [4.69, 9.17) is 0 Å². The quantitative estimate of drug-likeness (QED) is 0.774. The summed E-state index contributed by atoms with van der Waals surface area (Å²) in [6.45, 7) is 1.82. The van der Waals surface area contributed by atoms with Crippen LogP contribution in [0.4, 0.5) is 5.69 Å². The number of nitrogens with one attached hydrogen (secondary N) is 1. The van der Waals surface area contributed by atoms with Crippen molar-refractivity contribution >= 4 is 21.9 Å². The summed E-state index contributed by atoms with van der Waals surface area (Å²) in [6.07, 6.45) is 1.15. The Hall–Kier alpha value is -1.36. The molecule has 1 aromatic carbocycles. The van der Waals surface area contributed by atoms with Gasteiger partial charge in [0.05, 0.1) is 10.6 Å². The molecule has 1 amide bonds. The predicted molar refractivity (Wildman–Crippen MR) is 58.5 cm³/mol. The number of rotatable bonds is 5. The zero-order chi connectivity index (χ0) is 11.3. The molecule has 0 unspecified atom stereocenters. The molecule has 4 nitrogen and oxygen atoms in total. The van der Waals surface area contributed by atoms with E-state index in [9.17, 15) is 13.2 Å². The molecule has 15 heavy (non-hydrogen) atoms. The van der Waals surface area contributed by atoms with Crippen molar-refractivity contribution in [3.63, 3.8) is 0 Å². The fourth-order valence-electron chi connectivity index (χ4n) is 1.21. The fourth-order valence-corrected chi connectivity index (χ4v) is 2.54. The number of carbonyl (C=O) groups excluding carboxylic acids is 1. The van der Waals surface area contributed by atoms with Crippen LogP contribution in [0.3, 0.4) is 0 Å². The van der Waals surface area contributed by atoms with E-state index in [2.05, 4.69) is 5.32 Å². The van der Waals surface area contributed by atoms with Crippen molar-refractivity contribution in [2.75, 3.05) is 11.1 Å². The highest BCUT2D eigenvalue weighted by atomic mass is 32.2. The number of carbonyl (C=O) groups is 1. The molecule has 1 N–H and O–H groups in total. The van der Waals surface area contributed by atoms with Crippen LogP contribution in [0.2, 0.25) is 0 Å². The largest absolute Gasteiger partial charge is 0.329 e. The highest BCUT2D eigenvalue weighted by molar-refractivity contribution is 7.91. The van der Waals surface area contributed by atoms with E-state index < -0.39 is 9.84 Å². The number of amides is 1. The van der Waals surface area contributed by atoms with Gasteiger partial charge in [-0.3, -0.25) is 4.79 Å². The monoisotopic (exact) mass is 227 g/mol. The third-order valence-electron chi connectivity index (χ3n) is 1.91. The van der Waals surface area contributed by atoms with Gasteiger partial charge in [0.1, 0.15) is 0 Å². The fraction of sp³-hybridized carbons (Fsp3) is 0.300. The van der Waals surface area contributed by atoms with Crippen LogP contribution in [-0.4, -0.2) is 20.6 Å². The third-order valence-corrected chi connectivity index (χ3v) is 3.85. The summed E-state index contributed by atoms with van der Waals surface area (Å²) in [7, 11) is -3.16. The Morgan fingerprint density at radius 2 is 1.87 bits per heavy atom. The van der Waals surface area contributed by atoms with Gasteiger partial charge in [-0.1, -0.05) is 6.92 Å². The lowest BCUT2D eigenvalue weighted by Gasteiger charge is -2.03. The van der Waals surface area contributed by atoms with Gasteiger partial charge in [0, 0.05) is 5.69 Å². The van der Waals surface area contributed by atoms with E-state index in [0.29, 0.717) is 23.4 Å². The van der Waals surface area contributed by atoms with Crippen LogP contribution in [0.15, 0.2) is 29.2 Å². The highest BCUT2D eigenvalue weighted by Crippen LogP contribution is 2.15. The molecule has 5 heteroatoms. The molecule has 0 spiro atoms. The molecule has 0 aliphatic rings. The Bertz CT molecular complexity index is 422. The van der Waals surface area contributed by atoms with Gasteiger partial charge in [-0.15, -0.1) is 0 Å². The molecule has 0 aliphatic heterocycles. The molecule has 1 aromatic rings. The number of benzene rings is 1. The molecule has 0 bridgehead atoms. The number of hydrogen-bond acceptors (Lipinski definition) is 3. The second-order valence-electron chi connectivity index (χ2n) is 3.11. The van der Waals surface area contributed by atoms with Crippen molar-refractivity contribution in [1.82, 2.24) is 0 Å². The maximum Gasteiger partial charge on any atom is 0.211 e. The Morgan fingerprint density at radius 1 is 1.27 bits per heavy atom. The Labute approximate surface area is 89.2 Å². The summed E-state index contributed by atoms with van der Waals surface area (Å²) in [5.74, 6) is 0.146. The molecule has 0 saturated heterocycles. The smallest absolute Gasteiger partial charge is 0.211 e. The molecule has 0 radical (unpaired) electrons.